The fourth-order valence-corrected chi connectivity index (χ4v) is 4.90. The van der Waals surface area contributed by atoms with E-state index >= 15 is 0 Å². The molecular weight excluding hydrogens is 402 g/mol. The maximum Gasteiger partial charge on any atom is 0.0533 e. The van der Waals surface area contributed by atoms with Gasteiger partial charge >= 0.3 is 0 Å². The van der Waals surface area contributed by atoms with E-state index in [9.17, 15) is 0 Å². The van der Waals surface area contributed by atoms with Crippen molar-refractivity contribution in [3.63, 3.8) is 0 Å². The third-order valence-electron chi connectivity index (χ3n) is 6.20. The minimum atomic E-state index is 0.785. The van der Waals surface area contributed by atoms with Crippen LogP contribution in [0.5, 0.6) is 0 Å². The lowest BCUT2D eigenvalue weighted by atomic mass is 9.92. The summed E-state index contributed by atoms with van der Waals surface area (Å²) in [6, 6.07) is 10.6. The molecule has 0 spiro atoms. The van der Waals surface area contributed by atoms with E-state index in [0.29, 0.717) is 0 Å². The molecule has 1 N–H and O–H groups in total. The number of allylic oxidation sites excluding steroid dienone is 3. The first-order valence-electron chi connectivity index (χ1n) is 10.8. The van der Waals surface area contributed by atoms with E-state index in [1.165, 1.54) is 16.7 Å². The Bertz CT molecular complexity index is 1120. The number of nitrogens with zero attached hydrogens (tertiary/aromatic N) is 2. The molecule has 3 heterocycles. The molecule has 0 saturated heterocycles. The normalized spacial score (nSPS) is 16.3. The van der Waals surface area contributed by atoms with Crippen LogP contribution in [0.4, 0.5) is 0 Å². The number of nitrogens with one attached hydrogen (secondary N) is 1. The summed E-state index contributed by atoms with van der Waals surface area (Å²) in [6.07, 6.45) is 4.88. The van der Waals surface area contributed by atoms with Crippen LogP contribution >= 0.6 is 11.6 Å². The highest BCUT2D eigenvalue weighted by atomic mass is 35.5. The maximum atomic E-state index is 6.94. The summed E-state index contributed by atoms with van der Waals surface area (Å²) in [4.78, 5) is 6.96. The lowest BCUT2D eigenvalue weighted by Crippen LogP contribution is -2.33. The maximum absolute atomic E-state index is 6.94. The van der Waals surface area contributed by atoms with Crippen molar-refractivity contribution in [1.82, 2.24) is 15.2 Å². The summed E-state index contributed by atoms with van der Waals surface area (Å²) >= 11 is 6.94. The molecule has 2 aromatic rings. The van der Waals surface area contributed by atoms with Gasteiger partial charge in [-0.15, -0.1) is 0 Å². The molecule has 0 bridgehead atoms. The number of pyridine rings is 1. The van der Waals surface area contributed by atoms with Crippen LogP contribution in [0, 0.1) is 6.92 Å². The van der Waals surface area contributed by atoms with Gasteiger partial charge < -0.3 is 10.2 Å². The second-order valence-electron chi connectivity index (χ2n) is 8.55. The Labute approximate surface area is 190 Å². The Morgan fingerprint density at radius 3 is 2.65 bits per heavy atom. The first kappa shape index (κ1) is 21.5. The lowest BCUT2D eigenvalue weighted by Gasteiger charge is -2.36. The monoisotopic (exact) mass is 431 g/mol. The third kappa shape index (κ3) is 4.47. The molecule has 160 valence electrons. The molecule has 0 saturated carbocycles. The fraction of sp³-hybridized carbons (Fsp3) is 0.296. The van der Waals surface area contributed by atoms with Gasteiger partial charge in [0.2, 0.25) is 0 Å². The summed E-state index contributed by atoms with van der Waals surface area (Å²) in [5.74, 6) is 0. The van der Waals surface area contributed by atoms with E-state index < -0.39 is 0 Å². The van der Waals surface area contributed by atoms with E-state index in [4.69, 9.17) is 11.6 Å². The van der Waals surface area contributed by atoms with Gasteiger partial charge in [0.25, 0.3) is 0 Å². The molecule has 0 unspecified atom stereocenters. The molecule has 3 nitrogen and oxygen atoms in total. The molecule has 0 radical (unpaired) electrons. The van der Waals surface area contributed by atoms with E-state index in [0.717, 1.165) is 77.0 Å². The Kier molecular flexibility index (Phi) is 6.06. The molecule has 0 atom stereocenters. The van der Waals surface area contributed by atoms with Crippen LogP contribution in [-0.2, 0) is 19.3 Å². The molecule has 31 heavy (non-hydrogen) atoms. The SMILES string of the molecule is C=C1NC(C)=CC(C)=C1CN1CCc2ccc(CCc3cccc(C)n3)c(Cl)c2C1=C. The van der Waals surface area contributed by atoms with Crippen LogP contribution in [0.15, 0.2) is 72.1 Å². The summed E-state index contributed by atoms with van der Waals surface area (Å²) in [6.45, 7) is 16.6. The average molecular weight is 432 g/mol. The van der Waals surface area contributed by atoms with Crippen molar-refractivity contribution in [2.45, 2.75) is 40.0 Å². The van der Waals surface area contributed by atoms with Crippen LogP contribution in [-0.4, -0.2) is 23.0 Å². The van der Waals surface area contributed by atoms with E-state index in [-0.39, 0.29) is 0 Å². The molecule has 4 heteroatoms. The number of aryl methyl sites for hydroxylation is 3. The summed E-state index contributed by atoms with van der Waals surface area (Å²) in [5, 5.41) is 4.20. The Morgan fingerprint density at radius 1 is 1.10 bits per heavy atom. The average Bonchev–Trinajstić information content (AvgIpc) is 2.71. The first-order chi connectivity index (χ1) is 14.8. The van der Waals surface area contributed by atoms with Crippen molar-refractivity contribution in [3.05, 3.63) is 105 Å². The number of benzene rings is 1. The lowest BCUT2D eigenvalue weighted by molar-refractivity contribution is 0.420. The zero-order valence-electron chi connectivity index (χ0n) is 18.7. The minimum absolute atomic E-state index is 0.785. The Hall–Kier alpha value is -2.78. The molecule has 0 aliphatic carbocycles. The van der Waals surface area contributed by atoms with Gasteiger partial charge in [0.05, 0.1) is 5.02 Å². The minimum Gasteiger partial charge on any atom is -0.367 e. The number of hydrogen-bond donors (Lipinski definition) is 1. The highest BCUT2D eigenvalue weighted by Gasteiger charge is 2.25. The fourth-order valence-electron chi connectivity index (χ4n) is 4.51. The molecular formula is C27H30ClN3. The third-order valence-corrected chi connectivity index (χ3v) is 6.63. The van der Waals surface area contributed by atoms with Crippen molar-refractivity contribution < 1.29 is 0 Å². The van der Waals surface area contributed by atoms with Gasteiger partial charge in [-0.3, -0.25) is 4.98 Å². The summed E-state index contributed by atoms with van der Waals surface area (Å²) in [5.41, 5.74) is 11.3. The quantitative estimate of drug-likeness (QED) is 0.629. The zero-order valence-corrected chi connectivity index (χ0v) is 19.4. The van der Waals surface area contributed by atoms with E-state index in [1.54, 1.807) is 0 Å². The van der Waals surface area contributed by atoms with Gasteiger partial charge in [-0.2, -0.15) is 0 Å². The molecule has 0 fully saturated rings. The number of fused-ring (bicyclic) bond motifs is 1. The predicted octanol–water partition coefficient (Wildman–Crippen LogP) is 5.99. The van der Waals surface area contributed by atoms with Crippen LogP contribution in [0.25, 0.3) is 5.70 Å². The van der Waals surface area contributed by atoms with Crippen LogP contribution in [0.3, 0.4) is 0 Å². The highest BCUT2D eigenvalue weighted by molar-refractivity contribution is 6.33. The van der Waals surface area contributed by atoms with Crippen molar-refractivity contribution >= 4 is 17.3 Å². The van der Waals surface area contributed by atoms with Crippen molar-refractivity contribution in [2.75, 3.05) is 13.1 Å². The number of hydrogen-bond acceptors (Lipinski definition) is 3. The largest absolute Gasteiger partial charge is 0.367 e. The Morgan fingerprint density at radius 2 is 1.90 bits per heavy atom. The van der Waals surface area contributed by atoms with Gasteiger partial charge in [0.15, 0.2) is 0 Å². The molecule has 0 amide bonds. The van der Waals surface area contributed by atoms with Crippen molar-refractivity contribution in [1.29, 1.82) is 0 Å². The summed E-state index contributed by atoms with van der Waals surface area (Å²) in [7, 11) is 0. The van der Waals surface area contributed by atoms with Crippen LogP contribution in [0.2, 0.25) is 5.02 Å². The van der Waals surface area contributed by atoms with Gasteiger partial charge in [0.1, 0.15) is 0 Å². The van der Waals surface area contributed by atoms with Gasteiger partial charge in [0, 0.05) is 47.1 Å². The van der Waals surface area contributed by atoms with Gasteiger partial charge in [-0.1, -0.05) is 43.0 Å². The molecule has 2 aliphatic heterocycles. The van der Waals surface area contributed by atoms with E-state index in [1.807, 2.05) is 13.0 Å². The van der Waals surface area contributed by atoms with Crippen molar-refractivity contribution in [3.8, 4) is 0 Å². The van der Waals surface area contributed by atoms with Gasteiger partial charge in [-0.05, 0) is 80.5 Å². The first-order valence-corrected chi connectivity index (χ1v) is 11.2. The van der Waals surface area contributed by atoms with Gasteiger partial charge in [-0.25, -0.2) is 0 Å². The summed E-state index contributed by atoms with van der Waals surface area (Å²) < 4.78 is 0. The predicted molar refractivity (Wildman–Crippen MR) is 131 cm³/mol. The van der Waals surface area contributed by atoms with Crippen LogP contribution in [0.1, 0.15) is 41.9 Å². The number of aromatic nitrogens is 1. The number of rotatable bonds is 5. The smallest absolute Gasteiger partial charge is 0.0533 e. The van der Waals surface area contributed by atoms with Crippen molar-refractivity contribution in [2.24, 2.45) is 0 Å². The topological polar surface area (TPSA) is 28.2 Å². The second-order valence-corrected chi connectivity index (χ2v) is 8.93. The zero-order chi connectivity index (χ0) is 22.1. The standard InChI is InChI=1S/C27H30ClN3/c1-17-15-19(3)29-20(4)25(17)16-31-14-13-22-9-10-23(27(28)26(22)21(31)5)11-12-24-8-6-7-18(2)30-24/h6-10,15,29H,4-5,11-14,16H2,1-3H3. The van der Waals surface area contributed by atoms with Crippen LogP contribution < -0.4 is 5.32 Å². The number of dihydropyridines is 1. The second kappa shape index (κ2) is 8.76. The molecule has 2 aliphatic rings. The molecule has 1 aromatic heterocycles. The molecule has 4 rings (SSSR count). The number of halogens is 1. The van der Waals surface area contributed by atoms with E-state index in [2.05, 4.69) is 72.5 Å². The highest BCUT2D eigenvalue weighted by Crippen LogP contribution is 2.37. The Balaban J connectivity index is 1.56. The molecule has 1 aromatic carbocycles.